The zero-order chi connectivity index (χ0) is 10.3. The van der Waals surface area contributed by atoms with E-state index in [9.17, 15) is 0 Å². The van der Waals surface area contributed by atoms with Crippen LogP contribution in [0.3, 0.4) is 0 Å². The summed E-state index contributed by atoms with van der Waals surface area (Å²) in [7, 11) is 0. The molecular weight excluding hydrogens is 234 g/mol. The molecule has 1 rings (SSSR count). The van der Waals surface area contributed by atoms with E-state index in [1.54, 1.807) is 0 Å². The first-order valence-corrected chi connectivity index (χ1v) is 5.03. The van der Waals surface area contributed by atoms with Gasteiger partial charge < -0.3 is 9.47 Å². The van der Waals surface area contributed by atoms with Crippen LogP contribution < -0.4 is 0 Å². The van der Waals surface area contributed by atoms with Gasteiger partial charge in [-0.15, -0.1) is 0 Å². The molecule has 0 aromatic heterocycles. The lowest BCUT2D eigenvalue weighted by atomic mass is 10.0. The maximum absolute atomic E-state index is 5.63. The highest BCUT2D eigenvalue weighted by Gasteiger charge is 2.49. The van der Waals surface area contributed by atoms with E-state index in [4.69, 9.17) is 44.3 Å². The van der Waals surface area contributed by atoms with Crippen LogP contribution in [-0.4, -0.2) is 15.7 Å². The Balaban J connectivity index is 2.77. The molecule has 0 amide bonds. The molecule has 0 radical (unpaired) electrons. The minimum absolute atomic E-state index is 0.506. The van der Waals surface area contributed by atoms with Crippen molar-refractivity contribution in [1.82, 2.24) is 0 Å². The maximum Gasteiger partial charge on any atom is 0.252 e. The Bertz CT molecular complexity index is 224. The average Bonchev–Trinajstić information content (AvgIpc) is 2.29. The van der Waals surface area contributed by atoms with E-state index in [1.807, 2.05) is 13.8 Å². The van der Waals surface area contributed by atoms with Crippen molar-refractivity contribution in [2.75, 3.05) is 0 Å². The molecule has 1 heterocycles. The molecule has 76 valence electrons. The highest BCUT2D eigenvalue weighted by atomic mass is 35.6. The first-order valence-electron chi connectivity index (χ1n) is 3.90. The van der Waals surface area contributed by atoms with Crippen molar-refractivity contribution in [2.45, 2.75) is 36.0 Å². The van der Waals surface area contributed by atoms with Crippen LogP contribution in [0.1, 0.15) is 20.3 Å². The predicted molar refractivity (Wildman–Crippen MR) is 54.1 cm³/mol. The van der Waals surface area contributed by atoms with Crippen molar-refractivity contribution in [2.24, 2.45) is 0 Å². The Hall–Kier alpha value is 0.370. The number of hydrogen-bond donors (Lipinski definition) is 0. The molecule has 0 aromatic rings. The Morgan fingerprint density at radius 2 is 2.08 bits per heavy atom. The summed E-state index contributed by atoms with van der Waals surface area (Å²) in [5.41, 5.74) is -0.547. The van der Waals surface area contributed by atoms with Crippen molar-refractivity contribution in [3.8, 4) is 0 Å². The Kier molecular flexibility index (Phi) is 3.08. The van der Waals surface area contributed by atoms with Gasteiger partial charge in [-0.3, -0.25) is 0 Å². The van der Waals surface area contributed by atoms with Crippen LogP contribution in [0.25, 0.3) is 0 Å². The summed E-state index contributed by atoms with van der Waals surface area (Å²) >= 11 is 16.9. The lowest BCUT2D eigenvalue weighted by Gasteiger charge is -2.21. The van der Waals surface area contributed by atoms with Crippen LogP contribution >= 0.6 is 34.8 Å². The first kappa shape index (κ1) is 11.4. The molecule has 0 N–H and O–H groups in total. The SMILES string of the molecule is C=C1O[C@H](C(Cl)(Cl)Cl)O[C@@]1(C)CC. The normalized spacial score (nSPS) is 34.8. The van der Waals surface area contributed by atoms with Gasteiger partial charge in [-0.1, -0.05) is 48.3 Å². The van der Waals surface area contributed by atoms with Gasteiger partial charge in [0.05, 0.1) is 0 Å². The lowest BCUT2D eigenvalue weighted by Crippen LogP contribution is -2.31. The molecule has 0 unspecified atom stereocenters. The largest absolute Gasteiger partial charge is 0.462 e. The predicted octanol–water partition coefficient (Wildman–Crippen LogP) is 3.41. The Morgan fingerprint density at radius 3 is 2.31 bits per heavy atom. The van der Waals surface area contributed by atoms with Gasteiger partial charge in [0.25, 0.3) is 3.79 Å². The van der Waals surface area contributed by atoms with E-state index in [-0.39, 0.29) is 0 Å². The second-order valence-electron chi connectivity index (χ2n) is 3.12. The summed E-state index contributed by atoms with van der Waals surface area (Å²) in [6.45, 7) is 7.53. The zero-order valence-corrected chi connectivity index (χ0v) is 9.71. The number of halogens is 3. The highest BCUT2D eigenvalue weighted by Crippen LogP contribution is 2.44. The average molecular weight is 246 g/mol. The van der Waals surface area contributed by atoms with E-state index in [1.165, 1.54) is 0 Å². The van der Waals surface area contributed by atoms with Gasteiger partial charge >= 0.3 is 0 Å². The van der Waals surface area contributed by atoms with Crippen molar-refractivity contribution < 1.29 is 9.47 Å². The summed E-state index contributed by atoms with van der Waals surface area (Å²) in [6, 6.07) is 0. The van der Waals surface area contributed by atoms with Gasteiger partial charge in [-0.2, -0.15) is 0 Å². The van der Waals surface area contributed by atoms with Crippen molar-refractivity contribution in [1.29, 1.82) is 0 Å². The molecule has 0 saturated carbocycles. The molecular formula is C8H11Cl3O2. The van der Waals surface area contributed by atoms with Crippen LogP contribution in [0, 0.1) is 0 Å². The summed E-state index contributed by atoms with van der Waals surface area (Å²) in [6.07, 6.45) is -0.141. The van der Waals surface area contributed by atoms with E-state index in [0.717, 1.165) is 6.42 Å². The number of alkyl halides is 3. The van der Waals surface area contributed by atoms with Crippen LogP contribution in [-0.2, 0) is 9.47 Å². The molecule has 2 atom stereocenters. The minimum atomic E-state index is -1.57. The molecule has 2 nitrogen and oxygen atoms in total. The van der Waals surface area contributed by atoms with Gasteiger partial charge in [0.2, 0.25) is 6.29 Å². The molecule has 5 heteroatoms. The van der Waals surface area contributed by atoms with Gasteiger partial charge in [0, 0.05) is 0 Å². The van der Waals surface area contributed by atoms with E-state index in [0.29, 0.717) is 5.76 Å². The maximum atomic E-state index is 5.63. The first-order chi connectivity index (χ1) is 5.79. The van der Waals surface area contributed by atoms with Gasteiger partial charge in [-0.25, -0.2) is 0 Å². The van der Waals surface area contributed by atoms with Gasteiger partial charge in [0.1, 0.15) is 11.4 Å². The molecule has 0 aromatic carbocycles. The smallest absolute Gasteiger partial charge is 0.252 e. The van der Waals surface area contributed by atoms with E-state index < -0.39 is 15.7 Å². The lowest BCUT2D eigenvalue weighted by molar-refractivity contribution is -0.0804. The molecule has 13 heavy (non-hydrogen) atoms. The molecule has 1 saturated heterocycles. The number of hydrogen-bond acceptors (Lipinski definition) is 2. The molecule has 1 aliphatic rings. The number of rotatable bonds is 1. The van der Waals surface area contributed by atoms with Crippen LogP contribution in [0.5, 0.6) is 0 Å². The quantitative estimate of drug-likeness (QED) is 0.659. The fourth-order valence-electron chi connectivity index (χ4n) is 0.994. The molecule has 0 spiro atoms. The molecule has 1 fully saturated rings. The summed E-state index contributed by atoms with van der Waals surface area (Å²) < 4.78 is 9.10. The third-order valence-electron chi connectivity index (χ3n) is 2.15. The second-order valence-corrected chi connectivity index (χ2v) is 5.49. The summed E-state index contributed by atoms with van der Waals surface area (Å²) in [5, 5.41) is 0. The van der Waals surface area contributed by atoms with Crippen molar-refractivity contribution >= 4 is 34.8 Å². The fourth-order valence-corrected chi connectivity index (χ4v) is 1.26. The third-order valence-corrected chi connectivity index (χ3v) is 2.68. The fraction of sp³-hybridized carbons (Fsp3) is 0.750. The van der Waals surface area contributed by atoms with Crippen LogP contribution in [0.15, 0.2) is 12.3 Å². The van der Waals surface area contributed by atoms with Crippen LogP contribution in [0.4, 0.5) is 0 Å². The molecule has 1 aliphatic heterocycles. The van der Waals surface area contributed by atoms with Gasteiger partial charge in [-0.05, 0) is 13.3 Å². The van der Waals surface area contributed by atoms with E-state index in [2.05, 4.69) is 6.58 Å². The topological polar surface area (TPSA) is 18.5 Å². The standard InChI is InChI=1S/C8H11Cl3O2/c1-4-7(3)5(2)12-6(13-7)8(9,10)11/h6H,2,4H2,1,3H3/t6-,7-/m0/s1. The highest BCUT2D eigenvalue weighted by molar-refractivity contribution is 6.67. The van der Waals surface area contributed by atoms with Crippen molar-refractivity contribution in [3.63, 3.8) is 0 Å². The second kappa shape index (κ2) is 3.50. The summed E-state index contributed by atoms with van der Waals surface area (Å²) in [5.74, 6) is 0.506. The van der Waals surface area contributed by atoms with E-state index >= 15 is 0 Å². The minimum Gasteiger partial charge on any atom is -0.462 e. The monoisotopic (exact) mass is 244 g/mol. The van der Waals surface area contributed by atoms with Crippen LogP contribution in [0.2, 0.25) is 0 Å². The third kappa shape index (κ3) is 2.24. The molecule has 0 bridgehead atoms. The van der Waals surface area contributed by atoms with Crippen molar-refractivity contribution in [3.05, 3.63) is 12.3 Å². The summed E-state index contributed by atoms with van der Waals surface area (Å²) in [4.78, 5) is 0. The zero-order valence-electron chi connectivity index (χ0n) is 7.44. The molecule has 0 aliphatic carbocycles. The Morgan fingerprint density at radius 1 is 1.54 bits per heavy atom. The van der Waals surface area contributed by atoms with Gasteiger partial charge in [0.15, 0.2) is 0 Å². The number of ether oxygens (including phenoxy) is 2. The Labute approximate surface area is 92.7 Å².